The smallest absolute Gasteiger partial charge is 0.257 e. The predicted molar refractivity (Wildman–Crippen MR) is 154 cm³/mol. The van der Waals surface area contributed by atoms with E-state index in [0.29, 0.717) is 24.3 Å². The number of ether oxygens (including phenoxy) is 1. The number of anilines is 1. The minimum absolute atomic E-state index is 0.151. The molecular weight excluding hydrogens is 482 g/mol. The van der Waals surface area contributed by atoms with E-state index in [-0.39, 0.29) is 11.5 Å². The number of carbonyl (C=O) groups excluding carboxylic acids is 1. The molecular formula is C30H35N3O3S. The summed E-state index contributed by atoms with van der Waals surface area (Å²) < 4.78 is 8.68. The number of thiophene rings is 1. The molecule has 2 aromatic carbocycles. The zero-order valence-electron chi connectivity index (χ0n) is 21.5. The van der Waals surface area contributed by atoms with E-state index in [2.05, 4.69) is 39.4 Å². The first kappa shape index (κ1) is 25.5. The Morgan fingerprint density at radius 3 is 2.65 bits per heavy atom. The van der Waals surface area contributed by atoms with E-state index >= 15 is 0 Å². The van der Waals surface area contributed by atoms with Crippen molar-refractivity contribution in [2.24, 2.45) is 0 Å². The number of unbranched alkanes of at least 4 members (excludes halogenated alkanes) is 2. The van der Waals surface area contributed by atoms with E-state index in [4.69, 9.17) is 4.74 Å². The lowest BCUT2D eigenvalue weighted by Crippen LogP contribution is -2.46. The summed E-state index contributed by atoms with van der Waals surface area (Å²) in [6, 6.07) is 17.8. The van der Waals surface area contributed by atoms with Crippen molar-refractivity contribution in [3.63, 3.8) is 0 Å². The molecule has 194 valence electrons. The number of fused-ring (bicyclic) bond motifs is 2. The van der Waals surface area contributed by atoms with Gasteiger partial charge in [-0.1, -0.05) is 19.4 Å². The molecule has 6 nitrogen and oxygen atoms in total. The number of benzene rings is 2. The zero-order chi connectivity index (χ0) is 25.6. The van der Waals surface area contributed by atoms with E-state index < -0.39 is 0 Å². The molecule has 0 N–H and O–H groups in total. The summed E-state index contributed by atoms with van der Waals surface area (Å²) in [4.78, 5) is 30.2. The van der Waals surface area contributed by atoms with Gasteiger partial charge in [0.05, 0.1) is 12.1 Å². The minimum atomic E-state index is -0.280. The van der Waals surface area contributed by atoms with Gasteiger partial charge in [-0.05, 0) is 73.0 Å². The van der Waals surface area contributed by atoms with Crippen LogP contribution in [0, 0.1) is 0 Å². The molecule has 1 fully saturated rings. The van der Waals surface area contributed by atoms with Crippen LogP contribution in [0.5, 0.6) is 5.75 Å². The van der Waals surface area contributed by atoms with Gasteiger partial charge >= 0.3 is 0 Å². The number of aromatic nitrogens is 1. The van der Waals surface area contributed by atoms with Crippen LogP contribution in [0.15, 0.2) is 64.8 Å². The van der Waals surface area contributed by atoms with Gasteiger partial charge in [0.1, 0.15) is 5.75 Å². The molecule has 1 aliphatic rings. The molecule has 0 aliphatic carbocycles. The second-order valence-electron chi connectivity index (χ2n) is 9.72. The molecule has 0 amide bonds. The Labute approximate surface area is 222 Å². The summed E-state index contributed by atoms with van der Waals surface area (Å²) in [6.45, 7) is 8.00. The van der Waals surface area contributed by atoms with Crippen LogP contribution < -0.4 is 15.2 Å². The zero-order valence-corrected chi connectivity index (χ0v) is 22.3. The first-order chi connectivity index (χ1) is 18.1. The number of pyridine rings is 1. The van der Waals surface area contributed by atoms with Crippen molar-refractivity contribution >= 4 is 43.9 Å². The Balaban J connectivity index is 1.10. The molecule has 0 saturated carbocycles. The molecule has 0 atom stereocenters. The second-order valence-corrected chi connectivity index (χ2v) is 10.7. The van der Waals surface area contributed by atoms with Gasteiger partial charge in [-0.2, -0.15) is 0 Å². The van der Waals surface area contributed by atoms with Crippen LogP contribution in [-0.4, -0.2) is 54.7 Å². The van der Waals surface area contributed by atoms with Gasteiger partial charge in [-0.15, -0.1) is 11.3 Å². The van der Waals surface area contributed by atoms with Crippen molar-refractivity contribution < 1.29 is 9.53 Å². The standard InChI is InChI=1S/C30H35N3O3S/c1-2-3-9-29(34)33-27-22-24(12-10-23(27)11-13-30(33)35)36-20-5-4-15-31-16-18-32(19-17-31)26-7-6-8-28-25(26)14-21-37-28/h6-8,10-14,21-22H,2-5,9,15-20H2,1H3. The SMILES string of the molecule is CCCCC(=O)n1c(=O)ccc2ccc(OCCCCN3CCN(c4cccc5sccc45)CC3)cc21. The van der Waals surface area contributed by atoms with E-state index in [1.807, 2.05) is 25.1 Å². The van der Waals surface area contributed by atoms with Crippen LogP contribution >= 0.6 is 11.3 Å². The summed E-state index contributed by atoms with van der Waals surface area (Å²) in [5.41, 5.74) is 1.71. The fraction of sp³-hybridized carbons (Fsp3) is 0.400. The van der Waals surface area contributed by atoms with Crippen LogP contribution in [0.4, 0.5) is 5.69 Å². The summed E-state index contributed by atoms with van der Waals surface area (Å²) in [6.07, 6.45) is 4.11. The van der Waals surface area contributed by atoms with Gasteiger partial charge in [0.15, 0.2) is 0 Å². The lowest BCUT2D eigenvalue weighted by molar-refractivity contribution is 0.0901. The van der Waals surface area contributed by atoms with Crippen molar-refractivity contribution in [2.45, 2.75) is 39.0 Å². The van der Waals surface area contributed by atoms with Crippen molar-refractivity contribution in [2.75, 3.05) is 44.2 Å². The van der Waals surface area contributed by atoms with Crippen LogP contribution in [0.3, 0.4) is 0 Å². The van der Waals surface area contributed by atoms with E-state index in [1.54, 1.807) is 17.4 Å². The first-order valence-electron chi connectivity index (χ1n) is 13.4. The third-order valence-electron chi connectivity index (χ3n) is 7.19. The van der Waals surface area contributed by atoms with E-state index in [1.165, 1.54) is 26.4 Å². The van der Waals surface area contributed by atoms with Crippen LogP contribution in [-0.2, 0) is 0 Å². The van der Waals surface area contributed by atoms with Crippen molar-refractivity contribution in [1.29, 1.82) is 0 Å². The molecule has 5 rings (SSSR count). The molecule has 7 heteroatoms. The van der Waals surface area contributed by atoms with Crippen molar-refractivity contribution in [1.82, 2.24) is 9.47 Å². The number of nitrogens with zero attached hydrogens (tertiary/aromatic N) is 3. The quantitative estimate of drug-likeness (QED) is 0.241. The Hall–Kier alpha value is -3.16. The number of hydrogen-bond acceptors (Lipinski definition) is 6. The molecule has 3 heterocycles. The highest BCUT2D eigenvalue weighted by Crippen LogP contribution is 2.31. The third kappa shape index (κ3) is 5.89. The predicted octanol–water partition coefficient (Wildman–Crippen LogP) is 6.03. The molecule has 0 spiro atoms. The fourth-order valence-electron chi connectivity index (χ4n) is 5.09. The molecule has 1 aliphatic heterocycles. The third-order valence-corrected chi connectivity index (χ3v) is 8.07. The maximum atomic E-state index is 12.7. The molecule has 2 aromatic heterocycles. The van der Waals surface area contributed by atoms with Crippen molar-refractivity contribution in [3.05, 3.63) is 70.3 Å². The molecule has 0 radical (unpaired) electrons. The highest BCUT2D eigenvalue weighted by molar-refractivity contribution is 7.17. The summed E-state index contributed by atoms with van der Waals surface area (Å²) >= 11 is 1.81. The molecule has 37 heavy (non-hydrogen) atoms. The lowest BCUT2D eigenvalue weighted by atomic mass is 10.1. The number of carbonyl (C=O) groups is 1. The monoisotopic (exact) mass is 517 g/mol. The Morgan fingerprint density at radius 1 is 0.973 bits per heavy atom. The van der Waals surface area contributed by atoms with Crippen LogP contribution in [0.25, 0.3) is 21.0 Å². The summed E-state index contributed by atoms with van der Waals surface area (Å²) in [7, 11) is 0. The summed E-state index contributed by atoms with van der Waals surface area (Å²) in [5.74, 6) is 0.549. The maximum absolute atomic E-state index is 12.7. The molecule has 0 unspecified atom stereocenters. The Kier molecular flexibility index (Phi) is 8.21. The van der Waals surface area contributed by atoms with Gasteiger partial charge in [0, 0.05) is 60.5 Å². The maximum Gasteiger partial charge on any atom is 0.257 e. The highest BCUT2D eigenvalue weighted by atomic mass is 32.1. The van der Waals surface area contributed by atoms with Crippen molar-refractivity contribution in [3.8, 4) is 5.75 Å². The highest BCUT2D eigenvalue weighted by Gasteiger charge is 2.18. The molecule has 0 bridgehead atoms. The van der Waals surface area contributed by atoms with Gasteiger partial charge in [-0.3, -0.25) is 14.5 Å². The van der Waals surface area contributed by atoms with E-state index in [9.17, 15) is 9.59 Å². The fourth-order valence-corrected chi connectivity index (χ4v) is 5.90. The van der Waals surface area contributed by atoms with Crippen LogP contribution in [0.1, 0.15) is 43.8 Å². The molecule has 4 aromatic rings. The largest absolute Gasteiger partial charge is 0.494 e. The molecule has 1 saturated heterocycles. The average molecular weight is 518 g/mol. The van der Waals surface area contributed by atoms with Gasteiger partial charge < -0.3 is 9.64 Å². The van der Waals surface area contributed by atoms with Gasteiger partial charge in [0.2, 0.25) is 5.91 Å². The van der Waals surface area contributed by atoms with E-state index in [0.717, 1.165) is 63.8 Å². The second kappa shape index (κ2) is 11.9. The minimum Gasteiger partial charge on any atom is -0.494 e. The number of rotatable bonds is 10. The van der Waals surface area contributed by atoms with Gasteiger partial charge in [0.25, 0.3) is 5.56 Å². The Morgan fingerprint density at radius 2 is 1.81 bits per heavy atom. The number of hydrogen-bond donors (Lipinski definition) is 0. The Bertz CT molecular complexity index is 1420. The normalized spacial score (nSPS) is 14.5. The van der Waals surface area contributed by atoms with Gasteiger partial charge in [-0.25, -0.2) is 4.57 Å². The lowest BCUT2D eigenvalue weighted by Gasteiger charge is -2.36. The topological polar surface area (TPSA) is 54.8 Å². The average Bonchev–Trinajstić information content (AvgIpc) is 3.41. The summed E-state index contributed by atoms with van der Waals surface area (Å²) in [5, 5.41) is 4.41. The van der Waals surface area contributed by atoms with Crippen LogP contribution in [0.2, 0.25) is 0 Å². The number of piperazine rings is 1. The first-order valence-corrected chi connectivity index (χ1v) is 14.3.